The van der Waals surface area contributed by atoms with Gasteiger partial charge < -0.3 is 16.0 Å². The molecule has 0 aliphatic carbocycles. The van der Waals surface area contributed by atoms with Gasteiger partial charge in [0.1, 0.15) is 0 Å². The lowest BCUT2D eigenvalue weighted by Gasteiger charge is -2.32. The van der Waals surface area contributed by atoms with Gasteiger partial charge in [0, 0.05) is 29.9 Å². The second-order valence-corrected chi connectivity index (χ2v) is 10.8. The molecular weight excluding hydrogens is 506 g/mol. The summed E-state index contributed by atoms with van der Waals surface area (Å²) in [4.78, 5) is 27.4. The molecule has 1 aliphatic rings. The third-order valence-electron chi connectivity index (χ3n) is 8.01. The maximum atomic E-state index is 13.2. The molecule has 0 saturated heterocycles. The zero-order valence-corrected chi connectivity index (χ0v) is 23.1. The first-order valence-electron chi connectivity index (χ1n) is 14.1. The number of amides is 2. The van der Waals surface area contributed by atoms with Gasteiger partial charge >= 0.3 is 0 Å². The molecule has 5 nitrogen and oxygen atoms in total. The molecule has 0 radical (unpaired) electrons. The molecule has 1 unspecified atom stereocenters. The highest BCUT2D eigenvalue weighted by Gasteiger charge is 2.20. The number of nitrogens with one attached hydrogen (secondary N) is 1. The van der Waals surface area contributed by atoms with Crippen LogP contribution in [0, 0.1) is 0 Å². The first-order chi connectivity index (χ1) is 20.0. The average molecular weight is 540 g/mol. The van der Waals surface area contributed by atoms with Crippen LogP contribution < -0.4 is 16.0 Å². The van der Waals surface area contributed by atoms with E-state index in [0.29, 0.717) is 11.1 Å². The zero-order chi connectivity index (χ0) is 28.3. The number of anilines is 1. The fourth-order valence-corrected chi connectivity index (χ4v) is 5.78. The maximum Gasteiger partial charge on any atom is 0.251 e. The highest BCUT2D eigenvalue weighted by Crippen LogP contribution is 2.31. The molecule has 5 aromatic carbocycles. The molecule has 5 heteroatoms. The van der Waals surface area contributed by atoms with Crippen LogP contribution in [-0.2, 0) is 13.0 Å². The predicted molar refractivity (Wildman–Crippen MR) is 166 cm³/mol. The van der Waals surface area contributed by atoms with E-state index >= 15 is 0 Å². The van der Waals surface area contributed by atoms with E-state index < -0.39 is 5.91 Å². The highest BCUT2D eigenvalue weighted by atomic mass is 16.2. The molecule has 5 aromatic rings. The van der Waals surface area contributed by atoms with Crippen molar-refractivity contribution in [1.29, 1.82) is 0 Å². The summed E-state index contributed by atoms with van der Waals surface area (Å²) in [6.45, 7) is 3.76. The fraction of sp³-hybridized carbons (Fsp3) is 0.167. The molecule has 0 spiro atoms. The SMILES string of the molecule is CC(NC(=O)c1ccc2c(c1)CCCN2Cc1ccc(-c2ccccc2C(N)=O)cc1)c1ccc2ccccc2c1. The minimum Gasteiger partial charge on any atom is -0.367 e. The lowest BCUT2D eigenvalue weighted by molar-refractivity contribution is 0.0938. The van der Waals surface area contributed by atoms with Crippen molar-refractivity contribution in [3.8, 4) is 11.1 Å². The lowest BCUT2D eigenvalue weighted by Crippen LogP contribution is -2.30. The highest BCUT2D eigenvalue weighted by molar-refractivity contribution is 5.99. The van der Waals surface area contributed by atoms with Gasteiger partial charge in [0.15, 0.2) is 0 Å². The van der Waals surface area contributed by atoms with Crippen LogP contribution in [0.5, 0.6) is 0 Å². The Bertz CT molecular complexity index is 1740. The summed E-state index contributed by atoms with van der Waals surface area (Å²) in [5, 5.41) is 5.55. The minimum atomic E-state index is -0.425. The second-order valence-electron chi connectivity index (χ2n) is 10.8. The van der Waals surface area contributed by atoms with Gasteiger partial charge in [-0.25, -0.2) is 0 Å². The molecule has 1 heterocycles. The summed E-state index contributed by atoms with van der Waals surface area (Å²) >= 11 is 0. The number of hydrogen-bond acceptors (Lipinski definition) is 3. The monoisotopic (exact) mass is 539 g/mol. The number of carbonyl (C=O) groups excluding carboxylic acids is 2. The smallest absolute Gasteiger partial charge is 0.251 e. The largest absolute Gasteiger partial charge is 0.367 e. The Kier molecular flexibility index (Phi) is 7.26. The Hall–Kier alpha value is -4.90. The standard InChI is InChI=1S/C36H33N3O2/c1-24(28-17-16-26-7-2-3-8-29(26)21-28)38-36(41)31-18-19-34-30(22-31)9-6-20-39(34)23-25-12-14-27(15-13-25)32-10-4-5-11-33(32)35(37)40/h2-5,7-8,10-19,21-22,24H,6,9,20,23H2,1H3,(H2,37,40)(H,38,41). The van der Waals surface area contributed by atoms with Gasteiger partial charge in [0.05, 0.1) is 6.04 Å². The molecule has 0 bridgehead atoms. The van der Waals surface area contributed by atoms with Crippen molar-refractivity contribution < 1.29 is 9.59 Å². The summed E-state index contributed by atoms with van der Waals surface area (Å²) in [7, 11) is 0. The van der Waals surface area contributed by atoms with Gasteiger partial charge in [-0.2, -0.15) is 0 Å². The summed E-state index contributed by atoms with van der Waals surface area (Å²) in [5.74, 6) is -0.483. The number of fused-ring (bicyclic) bond motifs is 2. The van der Waals surface area contributed by atoms with Gasteiger partial charge in [0.2, 0.25) is 5.91 Å². The van der Waals surface area contributed by atoms with Crippen LogP contribution in [0.25, 0.3) is 21.9 Å². The zero-order valence-electron chi connectivity index (χ0n) is 23.1. The van der Waals surface area contributed by atoms with E-state index in [9.17, 15) is 9.59 Å². The van der Waals surface area contributed by atoms with E-state index in [2.05, 4.69) is 58.7 Å². The Labute approximate surface area is 240 Å². The Morgan fingerprint density at radius 2 is 1.61 bits per heavy atom. The first-order valence-corrected chi connectivity index (χ1v) is 14.1. The lowest BCUT2D eigenvalue weighted by atomic mass is 9.96. The Balaban J connectivity index is 1.15. The van der Waals surface area contributed by atoms with E-state index in [1.165, 1.54) is 27.6 Å². The van der Waals surface area contributed by atoms with Crippen molar-refractivity contribution in [3.63, 3.8) is 0 Å². The third kappa shape index (κ3) is 5.57. The van der Waals surface area contributed by atoms with Crippen LogP contribution in [0.4, 0.5) is 5.69 Å². The van der Waals surface area contributed by atoms with Crippen LogP contribution in [-0.4, -0.2) is 18.4 Å². The molecule has 3 N–H and O–H groups in total. The molecule has 0 saturated carbocycles. The van der Waals surface area contributed by atoms with Gasteiger partial charge in [-0.1, -0.05) is 78.9 Å². The minimum absolute atomic E-state index is 0.0580. The van der Waals surface area contributed by atoms with Crippen molar-refractivity contribution in [2.24, 2.45) is 5.73 Å². The Morgan fingerprint density at radius 1 is 0.854 bits per heavy atom. The van der Waals surface area contributed by atoms with Gasteiger partial charge in [-0.15, -0.1) is 0 Å². The molecule has 41 heavy (non-hydrogen) atoms. The number of primary amides is 1. The topological polar surface area (TPSA) is 75.4 Å². The number of nitrogens with zero attached hydrogens (tertiary/aromatic N) is 1. The van der Waals surface area contributed by atoms with Crippen molar-refractivity contribution in [1.82, 2.24) is 5.32 Å². The maximum absolute atomic E-state index is 13.2. The van der Waals surface area contributed by atoms with E-state index in [4.69, 9.17) is 5.73 Å². The van der Waals surface area contributed by atoms with E-state index in [-0.39, 0.29) is 11.9 Å². The molecule has 204 valence electrons. The van der Waals surface area contributed by atoms with E-state index in [0.717, 1.165) is 42.6 Å². The Morgan fingerprint density at radius 3 is 2.41 bits per heavy atom. The van der Waals surface area contributed by atoms with E-state index in [1.54, 1.807) is 6.07 Å². The summed E-state index contributed by atoms with van der Waals surface area (Å²) in [5.41, 5.74) is 13.3. The van der Waals surface area contributed by atoms with Crippen molar-refractivity contribution in [2.75, 3.05) is 11.4 Å². The summed E-state index contributed by atoms with van der Waals surface area (Å²) in [6, 6.07) is 36.3. The van der Waals surface area contributed by atoms with Crippen molar-refractivity contribution in [2.45, 2.75) is 32.4 Å². The van der Waals surface area contributed by atoms with Crippen LogP contribution in [0.1, 0.15) is 56.8 Å². The average Bonchev–Trinajstić information content (AvgIpc) is 3.01. The molecule has 1 aliphatic heterocycles. The summed E-state index contributed by atoms with van der Waals surface area (Å²) in [6.07, 6.45) is 1.99. The van der Waals surface area contributed by atoms with Crippen LogP contribution in [0.15, 0.2) is 109 Å². The second kappa shape index (κ2) is 11.3. The van der Waals surface area contributed by atoms with Crippen LogP contribution in [0.3, 0.4) is 0 Å². The number of rotatable bonds is 7. The predicted octanol–water partition coefficient (Wildman–Crippen LogP) is 7.05. The molecule has 2 amide bonds. The molecule has 0 fully saturated rings. The number of hydrogen-bond donors (Lipinski definition) is 2. The van der Waals surface area contributed by atoms with Gasteiger partial charge in [-0.05, 0) is 88.7 Å². The summed E-state index contributed by atoms with van der Waals surface area (Å²) < 4.78 is 0. The normalized spacial score (nSPS) is 13.4. The molecule has 0 aromatic heterocycles. The van der Waals surface area contributed by atoms with Crippen molar-refractivity contribution >= 4 is 28.3 Å². The van der Waals surface area contributed by atoms with Crippen molar-refractivity contribution in [3.05, 3.63) is 137 Å². The molecular formula is C36H33N3O2. The first kappa shape index (κ1) is 26.3. The number of nitrogens with two attached hydrogens (primary N) is 1. The van der Waals surface area contributed by atoms with Gasteiger partial charge in [-0.3, -0.25) is 9.59 Å². The molecule has 6 rings (SSSR count). The van der Waals surface area contributed by atoms with Gasteiger partial charge in [0.25, 0.3) is 5.91 Å². The van der Waals surface area contributed by atoms with E-state index in [1.807, 2.05) is 61.5 Å². The number of aryl methyl sites for hydroxylation is 1. The number of benzene rings is 5. The number of carbonyl (C=O) groups is 2. The third-order valence-corrected chi connectivity index (χ3v) is 8.01. The molecule has 1 atom stereocenters. The van der Waals surface area contributed by atoms with Crippen LogP contribution in [0.2, 0.25) is 0 Å². The quantitative estimate of drug-likeness (QED) is 0.233. The fourth-order valence-electron chi connectivity index (χ4n) is 5.78. The van der Waals surface area contributed by atoms with Crippen LogP contribution >= 0.6 is 0 Å².